The van der Waals surface area contributed by atoms with Crippen molar-refractivity contribution in [2.45, 2.75) is 33.1 Å². The summed E-state index contributed by atoms with van der Waals surface area (Å²) >= 11 is 0. The molecule has 0 saturated carbocycles. The van der Waals surface area contributed by atoms with E-state index in [1.54, 1.807) is 7.11 Å². The van der Waals surface area contributed by atoms with Crippen LogP contribution in [-0.4, -0.2) is 60.0 Å². The monoisotopic (exact) mass is 384 g/mol. The lowest BCUT2D eigenvalue weighted by Gasteiger charge is -2.31. The first kappa shape index (κ1) is 20.2. The van der Waals surface area contributed by atoms with Crippen LogP contribution in [0.2, 0.25) is 0 Å². The minimum atomic E-state index is -0.0281. The molecule has 1 aromatic carbocycles. The van der Waals surface area contributed by atoms with Gasteiger partial charge >= 0.3 is 0 Å². The maximum Gasteiger partial charge on any atom is 0.253 e. The number of amides is 2. The van der Waals surface area contributed by atoms with Crippen molar-refractivity contribution >= 4 is 22.8 Å². The van der Waals surface area contributed by atoms with Gasteiger partial charge in [-0.3, -0.25) is 9.59 Å². The Morgan fingerprint density at radius 2 is 1.82 bits per heavy atom. The van der Waals surface area contributed by atoms with Gasteiger partial charge in [-0.05, 0) is 51.3 Å². The summed E-state index contributed by atoms with van der Waals surface area (Å²) in [6.07, 6.45) is 2.19. The molecule has 1 fully saturated rings. The molecule has 1 N–H and O–H groups in total. The molecule has 7 nitrogen and oxygen atoms in total. The Labute approximate surface area is 165 Å². The highest BCUT2D eigenvalue weighted by Gasteiger charge is 2.27. The molecule has 0 unspecified atom stereocenters. The van der Waals surface area contributed by atoms with Gasteiger partial charge in [-0.2, -0.15) is 0 Å². The first-order valence-electron chi connectivity index (χ1n) is 9.80. The normalized spacial score (nSPS) is 15.0. The number of ether oxygens (including phenoxy) is 1. The Morgan fingerprint density at radius 3 is 2.50 bits per heavy atom. The summed E-state index contributed by atoms with van der Waals surface area (Å²) in [6.45, 7) is 6.29. The van der Waals surface area contributed by atoms with E-state index in [-0.39, 0.29) is 17.7 Å². The molecule has 150 valence electrons. The highest BCUT2D eigenvalue weighted by molar-refractivity contribution is 5.97. The number of rotatable bonds is 6. The largest absolute Gasteiger partial charge is 0.385 e. The van der Waals surface area contributed by atoms with Gasteiger partial charge < -0.3 is 15.0 Å². The van der Waals surface area contributed by atoms with Gasteiger partial charge in [0.05, 0.1) is 22.4 Å². The number of carbonyl (C=O) groups excluding carboxylic acids is 2. The van der Waals surface area contributed by atoms with E-state index in [4.69, 9.17) is 4.74 Å². The van der Waals surface area contributed by atoms with Gasteiger partial charge in [0.2, 0.25) is 5.91 Å². The Hall–Kier alpha value is -2.54. The van der Waals surface area contributed by atoms with Crippen LogP contribution in [0.4, 0.5) is 0 Å². The van der Waals surface area contributed by atoms with Gasteiger partial charge in [0.25, 0.3) is 5.91 Å². The zero-order valence-corrected chi connectivity index (χ0v) is 16.8. The summed E-state index contributed by atoms with van der Waals surface area (Å²) in [5.74, 6) is 0.0376. The summed E-state index contributed by atoms with van der Waals surface area (Å²) in [4.78, 5) is 36.0. The van der Waals surface area contributed by atoms with Crippen LogP contribution < -0.4 is 5.32 Å². The minimum Gasteiger partial charge on any atom is -0.385 e. The molecule has 2 heterocycles. The van der Waals surface area contributed by atoms with Crippen molar-refractivity contribution in [3.8, 4) is 0 Å². The van der Waals surface area contributed by atoms with E-state index >= 15 is 0 Å². The summed E-state index contributed by atoms with van der Waals surface area (Å²) in [5.41, 5.74) is 3.92. The number of methoxy groups -OCH3 is 1. The first-order chi connectivity index (χ1) is 13.5. The number of nitrogens with zero attached hydrogens (tertiary/aromatic N) is 3. The van der Waals surface area contributed by atoms with Crippen LogP contribution in [0.3, 0.4) is 0 Å². The molecule has 28 heavy (non-hydrogen) atoms. The Balaban J connectivity index is 1.58. The van der Waals surface area contributed by atoms with E-state index in [1.165, 1.54) is 0 Å². The van der Waals surface area contributed by atoms with Crippen molar-refractivity contribution < 1.29 is 14.3 Å². The van der Waals surface area contributed by atoms with Gasteiger partial charge in [0, 0.05) is 44.8 Å². The fourth-order valence-electron chi connectivity index (χ4n) is 3.46. The topological polar surface area (TPSA) is 84.4 Å². The van der Waals surface area contributed by atoms with Crippen molar-refractivity contribution in [3.63, 3.8) is 0 Å². The SMILES string of the molecule is COCCCNC(=O)C1CCN(C(=O)c2ccc3nc(C)c(C)nc3c2)CC1. The number of aromatic nitrogens is 2. The molecule has 0 atom stereocenters. The first-order valence-corrected chi connectivity index (χ1v) is 9.80. The number of fused-ring (bicyclic) bond motifs is 1. The third kappa shape index (κ3) is 4.65. The third-order valence-corrected chi connectivity index (χ3v) is 5.30. The number of benzene rings is 1. The Bertz CT molecular complexity index is 860. The van der Waals surface area contributed by atoms with E-state index in [9.17, 15) is 9.59 Å². The maximum atomic E-state index is 12.9. The molecule has 7 heteroatoms. The average molecular weight is 384 g/mol. The zero-order valence-electron chi connectivity index (χ0n) is 16.8. The number of nitrogens with one attached hydrogen (secondary N) is 1. The van der Waals surface area contributed by atoms with Crippen LogP contribution in [-0.2, 0) is 9.53 Å². The van der Waals surface area contributed by atoms with Crippen molar-refractivity contribution in [2.24, 2.45) is 5.92 Å². The van der Waals surface area contributed by atoms with E-state index < -0.39 is 0 Å². The van der Waals surface area contributed by atoms with Gasteiger partial charge in [0.15, 0.2) is 0 Å². The predicted molar refractivity (Wildman–Crippen MR) is 107 cm³/mol. The van der Waals surface area contributed by atoms with Crippen LogP contribution in [0.5, 0.6) is 0 Å². The highest BCUT2D eigenvalue weighted by atomic mass is 16.5. The zero-order chi connectivity index (χ0) is 20.1. The number of carbonyl (C=O) groups is 2. The molecule has 0 radical (unpaired) electrons. The molecule has 1 aromatic heterocycles. The van der Waals surface area contributed by atoms with Gasteiger partial charge in [0.1, 0.15) is 0 Å². The van der Waals surface area contributed by atoms with Gasteiger partial charge in [-0.1, -0.05) is 0 Å². The molecule has 2 aromatic rings. The van der Waals surface area contributed by atoms with Crippen molar-refractivity contribution in [2.75, 3.05) is 33.4 Å². The van der Waals surface area contributed by atoms with E-state index in [1.807, 2.05) is 36.9 Å². The van der Waals surface area contributed by atoms with E-state index in [2.05, 4.69) is 15.3 Å². The third-order valence-electron chi connectivity index (χ3n) is 5.30. The highest BCUT2D eigenvalue weighted by Crippen LogP contribution is 2.21. The molecule has 0 spiro atoms. The summed E-state index contributed by atoms with van der Waals surface area (Å²) in [5, 5.41) is 2.96. The minimum absolute atomic E-state index is 0.0131. The fraction of sp³-hybridized carbons (Fsp3) is 0.524. The number of hydrogen-bond acceptors (Lipinski definition) is 5. The lowest BCUT2D eigenvalue weighted by Crippen LogP contribution is -2.43. The molecule has 1 aliphatic heterocycles. The van der Waals surface area contributed by atoms with E-state index in [0.29, 0.717) is 44.6 Å². The number of hydrogen-bond donors (Lipinski definition) is 1. The Morgan fingerprint density at radius 1 is 1.14 bits per heavy atom. The number of piperidine rings is 1. The Kier molecular flexibility index (Phi) is 6.57. The van der Waals surface area contributed by atoms with Gasteiger partial charge in [-0.15, -0.1) is 0 Å². The van der Waals surface area contributed by atoms with Crippen molar-refractivity contribution in [3.05, 3.63) is 35.2 Å². The lowest BCUT2D eigenvalue weighted by atomic mass is 9.95. The molecular weight excluding hydrogens is 356 g/mol. The second-order valence-electron chi connectivity index (χ2n) is 7.30. The maximum absolute atomic E-state index is 12.9. The second-order valence-corrected chi connectivity index (χ2v) is 7.30. The summed E-state index contributed by atoms with van der Waals surface area (Å²) in [7, 11) is 1.65. The molecular formula is C21H28N4O3. The molecule has 1 saturated heterocycles. The number of aryl methyl sites for hydroxylation is 2. The standard InChI is InChI=1S/C21H28N4O3/c1-14-15(2)24-19-13-17(5-6-18(19)23-14)21(27)25-10-7-16(8-11-25)20(26)22-9-4-12-28-3/h5-6,13,16H,4,7-12H2,1-3H3,(H,22,26). The smallest absolute Gasteiger partial charge is 0.253 e. The quantitative estimate of drug-likeness (QED) is 0.772. The molecule has 0 bridgehead atoms. The fourth-order valence-corrected chi connectivity index (χ4v) is 3.46. The average Bonchev–Trinajstić information content (AvgIpc) is 2.71. The van der Waals surface area contributed by atoms with Crippen molar-refractivity contribution in [1.82, 2.24) is 20.2 Å². The van der Waals surface area contributed by atoms with Crippen LogP contribution in [0, 0.1) is 19.8 Å². The molecule has 1 aliphatic rings. The summed E-state index contributed by atoms with van der Waals surface area (Å²) in [6, 6.07) is 5.47. The van der Waals surface area contributed by atoms with E-state index in [0.717, 1.165) is 28.8 Å². The summed E-state index contributed by atoms with van der Waals surface area (Å²) < 4.78 is 4.99. The van der Waals surface area contributed by atoms with Crippen LogP contribution >= 0.6 is 0 Å². The molecule has 2 amide bonds. The van der Waals surface area contributed by atoms with Crippen LogP contribution in [0.15, 0.2) is 18.2 Å². The second kappa shape index (κ2) is 9.10. The lowest BCUT2D eigenvalue weighted by molar-refractivity contribution is -0.126. The van der Waals surface area contributed by atoms with Gasteiger partial charge in [-0.25, -0.2) is 9.97 Å². The van der Waals surface area contributed by atoms with Crippen LogP contribution in [0.25, 0.3) is 11.0 Å². The van der Waals surface area contributed by atoms with Crippen LogP contribution in [0.1, 0.15) is 41.0 Å². The van der Waals surface area contributed by atoms with Crippen molar-refractivity contribution in [1.29, 1.82) is 0 Å². The molecule has 3 rings (SSSR count). The number of likely N-dealkylation sites (tertiary alicyclic amines) is 1. The molecule has 0 aliphatic carbocycles. The predicted octanol–water partition coefficient (Wildman–Crippen LogP) is 2.25.